The monoisotopic (exact) mass is 352 g/mol. The van der Waals surface area contributed by atoms with Crippen LogP contribution in [-0.4, -0.2) is 26.3 Å². The molecule has 8 heteroatoms. The summed E-state index contributed by atoms with van der Waals surface area (Å²) < 4.78 is 10.3. The molecule has 25 heavy (non-hydrogen) atoms. The van der Waals surface area contributed by atoms with Gasteiger partial charge in [-0.25, -0.2) is 4.79 Å². The maximum absolute atomic E-state index is 12.1. The maximum atomic E-state index is 12.1. The van der Waals surface area contributed by atoms with Crippen molar-refractivity contribution >= 4 is 17.3 Å². The van der Waals surface area contributed by atoms with Crippen molar-refractivity contribution in [3.8, 4) is 22.6 Å². The molecule has 0 amide bonds. The number of carbonyl (C=O) groups excluding carboxylic acids is 1. The van der Waals surface area contributed by atoms with Crippen molar-refractivity contribution in [2.75, 3.05) is 0 Å². The molecular weight excluding hydrogens is 340 g/mol. The van der Waals surface area contributed by atoms with E-state index in [4.69, 9.17) is 9.26 Å². The van der Waals surface area contributed by atoms with Gasteiger partial charge >= 0.3 is 5.97 Å². The summed E-state index contributed by atoms with van der Waals surface area (Å²) in [4.78, 5) is 16.3. The average molecular weight is 352 g/mol. The van der Waals surface area contributed by atoms with E-state index in [-0.39, 0.29) is 18.2 Å². The van der Waals surface area contributed by atoms with E-state index in [2.05, 4.69) is 20.3 Å². The fourth-order valence-corrected chi connectivity index (χ4v) is 2.84. The highest BCUT2D eigenvalue weighted by atomic mass is 32.1. The van der Waals surface area contributed by atoms with Gasteiger partial charge in [0.25, 0.3) is 5.89 Å². The first-order valence-corrected chi connectivity index (χ1v) is 8.37. The van der Waals surface area contributed by atoms with Crippen molar-refractivity contribution in [3.05, 3.63) is 64.8 Å². The Bertz CT molecular complexity index is 976. The van der Waals surface area contributed by atoms with E-state index in [1.165, 1.54) is 0 Å². The second kappa shape index (κ2) is 6.70. The lowest BCUT2D eigenvalue weighted by Crippen LogP contribution is -2.05. The predicted molar refractivity (Wildman–Crippen MR) is 90.8 cm³/mol. The first-order valence-electron chi connectivity index (χ1n) is 7.43. The summed E-state index contributed by atoms with van der Waals surface area (Å²) in [5.41, 5.74) is 2.71. The molecule has 4 rings (SSSR count). The second-order valence-corrected chi connectivity index (χ2v) is 5.91. The van der Waals surface area contributed by atoms with E-state index in [0.29, 0.717) is 11.5 Å². The minimum Gasteiger partial charge on any atom is -0.451 e. The van der Waals surface area contributed by atoms with E-state index in [0.717, 1.165) is 11.1 Å². The maximum Gasteiger partial charge on any atom is 0.356 e. The number of benzene rings is 1. The SMILES string of the molecule is O=C(OCc1nc(-c2ccsc2)no1)c1cc(-c2ccccc2)n[nH]1. The minimum atomic E-state index is -0.537. The van der Waals surface area contributed by atoms with Crippen molar-refractivity contribution in [2.24, 2.45) is 0 Å². The summed E-state index contributed by atoms with van der Waals surface area (Å²) in [5, 5.41) is 14.5. The third kappa shape index (κ3) is 3.33. The molecule has 124 valence electrons. The molecule has 0 aliphatic heterocycles. The van der Waals surface area contributed by atoms with E-state index >= 15 is 0 Å². The number of rotatable bonds is 5. The van der Waals surface area contributed by atoms with Crippen LogP contribution in [0.2, 0.25) is 0 Å². The average Bonchev–Trinajstić information content (AvgIpc) is 3.41. The van der Waals surface area contributed by atoms with Gasteiger partial charge in [-0.3, -0.25) is 5.10 Å². The standard InChI is InChI=1S/C17H12N4O3S/c22-17(14-8-13(19-20-14)11-4-2-1-3-5-11)23-9-15-18-16(21-24-15)12-6-7-25-10-12/h1-8,10H,9H2,(H,19,20). The Balaban J connectivity index is 1.40. The Labute approximate surface area is 146 Å². The van der Waals surface area contributed by atoms with Gasteiger partial charge in [0.1, 0.15) is 5.69 Å². The second-order valence-electron chi connectivity index (χ2n) is 5.13. The number of aromatic amines is 1. The molecule has 0 atom stereocenters. The normalized spacial score (nSPS) is 10.7. The number of carbonyl (C=O) groups is 1. The number of ether oxygens (including phenoxy) is 1. The van der Waals surface area contributed by atoms with Crippen LogP contribution in [-0.2, 0) is 11.3 Å². The van der Waals surface area contributed by atoms with Crippen molar-refractivity contribution < 1.29 is 14.1 Å². The molecule has 0 fully saturated rings. The zero-order chi connectivity index (χ0) is 17.1. The van der Waals surface area contributed by atoms with E-state index in [1.54, 1.807) is 17.4 Å². The third-order valence-corrected chi connectivity index (χ3v) is 4.12. The van der Waals surface area contributed by atoms with Gasteiger partial charge in [0.15, 0.2) is 6.61 Å². The molecule has 7 nitrogen and oxygen atoms in total. The van der Waals surface area contributed by atoms with E-state index in [9.17, 15) is 4.79 Å². The van der Waals surface area contributed by atoms with Gasteiger partial charge in [0.05, 0.1) is 5.69 Å². The fraction of sp³-hybridized carbons (Fsp3) is 0.0588. The van der Waals surface area contributed by atoms with Gasteiger partial charge in [-0.05, 0) is 17.5 Å². The van der Waals surface area contributed by atoms with Crippen molar-refractivity contribution in [3.63, 3.8) is 0 Å². The van der Waals surface area contributed by atoms with Crippen molar-refractivity contribution in [1.29, 1.82) is 0 Å². The number of aromatic nitrogens is 4. The molecule has 0 bridgehead atoms. The van der Waals surface area contributed by atoms with E-state index < -0.39 is 5.97 Å². The third-order valence-electron chi connectivity index (χ3n) is 3.44. The first-order chi connectivity index (χ1) is 12.3. The number of H-pyrrole nitrogens is 1. The quantitative estimate of drug-likeness (QED) is 0.552. The molecule has 1 N–H and O–H groups in total. The van der Waals surface area contributed by atoms with Crippen LogP contribution in [0.4, 0.5) is 0 Å². The largest absolute Gasteiger partial charge is 0.451 e. The summed E-state index contributed by atoms with van der Waals surface area (Å²) in [6, 6.07) is 13.1. The van der Waals surface area contributed by atoms with Crippen LogP contribution in [0.5, 0.6) is 0 Å². The Morgan fingerprint density at radius 2 is 2.08 bits per heavy atom. The highest BCUT2D eigenvalue weighted by Crippen LogP contribution is 2.20. The zero-order valence-corrected chi connectivity index (χ0v) is 13.7. The zero-order valence-electron chi connectivity index (χ0n) is 12.9. The summed E-state index contributed by atoms with van der Waals surface area (Å²) in [5.74, 6) is 0.169. The van der Waals surface area contributed by atoms with Gasteiger partial charge in [0, 0.05) is 16.5 Å². The Kier molecular flexibility index (Phi) is 4.09. The Morgan fingerprint density at radius 3 is 2.88 bits per heavy atom. The molecule has 0 aliphatic rings. The molecule has 4 aromatic rings. The summed E-state index contributed by atoms with van der Waals surface area (Å²) in [6.45, 7) is -0.102. The van der Waals surface area contributed by atoms with Crippen LogP contribution in [0.3, 0.4) is 0 Å². The first kappa shape index (κ1) is 15.3. The van der Waals surface area contributed by atoms with Crippen LogP contribution in [0.15, 0.2) is 57.7 Å². The van der Waals surface area contributed by atoms with Gasteiger partial charge in [0.2, 0.25) is 5.82 Å². The number of esters is 1. The molecule has 1 aromatic carbocycles. The fourth-order valence-electron chi connectivity index (χ4n) is 2.21. The van der Waals surface area contributed by atoms with Crippen LogP contribution in [0, 0.1) is 0 Å². The minimum absolute atomic E-state index is 0.102. The molecule has 0 saturated carbocycles. The summed E-state index contributed by atoms with van der Waals surface area (Å²) >= 11 is 1.54. The van der Waals surface area contributed by atoms with Crippen LogP contribution in [0.25, 0.3) is 22.6 Å². The molecule has 0 saturated heterocycles. The molecule has 3 aromatic heterocycles. The highest BCUT2D eigenvalue weighted by molar-refractivity contribution is 7.08. The van der Waals surface area contributed by atoms with Crippen molar-refractivity contribution in [2.45, 2.75) is 6.61 Å². The molecule has 0 unspecified atom stereocenters. The number of nitrogens with zero attached hydrogens (tertiary/aromatic N) is 3. The number of hydrogen-bond acceptors (Lipinski definition) is 7. The lowest BCUT2D eigenvalue weighted by atomic mass is 10.1. The summed E-state index contributed by atoms with van der Waals surface area (Å²) in [6.07, 6.45) is 0. The van der Waals surface area contributed by atoms with Crippen molar-refractivity contribution in [1.82, 2.24) is 20.3 Å². The van der Waals surface area contributed by atoms with Crippen LogP contribution < -0.4 is 0 Å². The molecule has 3 heterocycles. The number of thiophene rings is 1. The Hall–Kier alpha value is -3.26. The van der Waals surface area contributed by atoms with Gasteiger partial charge in [-0.15, -0.1) is 0 Å². The summed E-state index contributed by atoms with van der Waals surface area (Å²) in [7, 11) is 0. The van der Waals surface area contributed by atoms with Crippen LogP contribution in [0.1, 0.15) is 16.4 Å². The predicted octanol–water partition coefficient (Wildman–Crippen LogP) is 3.55. The van der Waals surface area contributed by atoms with E-state index in [1.807, 2.05) is 47.2 Å². The topological polar surface area (TPSA) is 93.9 Å². The lowest BCUT2D eigenvalue weighted by Gasteiger charge is -1.98. The molecule has 0 radical (unpaired) electrons. The number of hydrogen-bond donors (Lipinski definition) is 1. The van der Waals surface area contributed by atoms with Gasteiger partial charge in [-0.2, -0.15) is 21.4 Å². The lowest BCUT2D eigenvalue weighted by molar-refractivity contribution is 0.0423. The van der Waals surface area contributed by atoms with Gasteiger partial charge in [-0.1, -0.05) is 35.5 Å². The smallest absolute Gasteiger partial charge is 0.356 e. The van der Waals surface area contributed by atoms with Gasteiger partial charge < -0.3 is 9.26 Å². The molecule has 0 spiro atoms. The number of nitrogens with one attached hydrogen (secondary N) is 1. The highest BCUT2D eigenvalue weighted by Gasteiger charge is 2.15. The Morgan fingerprint density at radius 1 is 1.20 bits per heavy atom. The molecule has 0 aliphatic carbocycles. The molecular formula is C17H12N4O3S. The van der Waals surface area contributed by atoms with Crippen LogP contribution >= 0.6 is 11.3 Å².